The Morgan fingerprint density at radius 2 is 1.75 bits per heavy atom. The molecule has 0 radical (unpaired) electrons. The van der Waals surface area contributed by atoms with Crippen molar-refractivity contribution in [1.29, 1.82) is 0 Å². The van der Waals surface area contributed by atoms with Gasteiger partial charge < -0.3 is 9.88 Å². The summed E-state index contributed by atoms with van der Waals surface area (Å²) in [6, 6.07) is 20.2. The van der Waals surface area contributed by atoms with Crippen LogP contribution in [-0.2, 0) is 0 Å². The van der Waals surface area contributed by atoms with E-state index < -0.39 is 0 Å². The van der Waals surface area contributed by atoms with Crippen molar-refractivity contribution in [2.75, 3.05) is 13.1 Å². The monoisotopic (exact) mass is 378 g/mol. The van der Waals surface area contributed by atoms with Crippen LogP contribution in [0.3, 0.4) is 0 Å². The van der Waals surface area contributed by atoms with E-state index in [0.717, 1.165) is 34.3 Å². The van der Waals surface area contributed by atoms with Crippen LogP contribution in [-0.4, -0.2) is 23.0 Å². The van der Waals surface area contributed by atoms with E-state index in [1.54, 1.807) is 0 Å². The number of hydrogen-bond donors (Lipinski definition) is 1. The molecular formula is C21H19BrN2. The number of hydrogen-bond acceptors (Lipinski definition) is 1. The van der Waals surface area contributed by atoms with Gasteiger partial charge in [-0.05, 0) is 48.9 Å². The minimum atomic E-state index is 1.08. The normalized spacial score (nSPS) is 14.5. The second-order valence-electron chi connectivity index (χ2n) is 6.22. The van der Waals surface area contributed by atoms with E-state index in [1.165, 1.54) is 30.2 Å². The Morgan fingerprint density at radius 3 is 2.54 bits per heavy atom. The number of aromatic nitrogens is 1. The Balaban J connectivity index is 1.84. The third-order valence-electron chi connectivity index (χ3n) is 4.52. The Bertz CT molecular complexity index is 909. The average molecular weight is 379 g/mol. The minimum absolute atomic E-state index is 1.08. The van der Waals surface area contributed by atoms with Crippen molar-refractivity contribution >= 4 is 26.8 Å². The molecule has 0 atom stereocenters. The SMILES string of the molecule is Brc1ccc2[nH]c(-c3ccccc3)c(C#CN3CCCCC3)c2c1. The number of fused-ring (bicyclic) bond motifs is 1. The summed E-state index contributed by atoms with van der Waals surface area (Å²) in [7, 11) is 0. The van der Waals surface area contributed by atoms with Crippen molar-refractivity contribution in [2.24, 2.45) is 0 Å². The Hall–Kier alpha value is -2.18. The standard InChI is InChI=1S/C21H19BrN2/c22-17-9-10-20-19(15-17)18(11-14-24-12-5-2-6-13-24)21(23-20)16-7-3-1-4-8-16/h1,3-4,7-10,15,23H,2,5-6,12-13H2. The lowest BCUT2D eigenvalue weighted by molar-refractivity contribution is 0.326. The molecule has 1 aromatic heterocycles. The van der Waals surface area contributed by atoms with Gasteiger partial charge in [-0.2, -0.15) is 0 Å². The molecule has 2 nitrogen and oxygen atoms in total. The number of aromatic amines is 1. The van der Waals surface area contributed by atoms with Crippen LogP contribution < -0.4 is 0 Å². The zero-order valence-electron chi connectivity index (χ0n) is 13.5. The first-order valence-corrected chi connectivity index (χ1v) is 9.24. The highest BCUT2D eigenvalue weighted by Crippen LogP contribution is 2.31. The third-order valence-corrected chi connectivity index (χ3v) is 5.01. The molecule has 0 amide bonds. The first-order chi connectivity index (χ1) is 11.8. The number of piperidine rings is 1. The fraction of sp³-hybridized carbons (Fsp3) is 0.238. The molecule has 1 aliphatic heterocycles. The summed E-state index contributed by atoms with van der Waals surface area (Å²) in [5.41, 5.74) is 4.49. The smallest absolute Gasteiger partial charge is 0.0624 e. The van der Waals surface area contributed by atoms with E-state index in [0.29, 0.717) is 0 Å². The highest BCUT2D eigenvalue weighted by molar-refractivity contribution is 9.10. The number of rotatable bonds is 1. The Kier molecular flexibility index (Phi) is 4.32. The largest absolute Gasteiger partial charge is 0.353 e. The van der Waals surface area contributed by atoms with Gasteiger partial charge in [-0.1, -0.05) is 46.3 Å². The molecular weight excluding hydrogens is 360 g/mol. The summed E-state index contributed by atoms with van der Waals surface area (Å²) in [5.74, 6) is 3.46. The van der Waals surface area contributed by atoms with E-state index in [4.69, 9.17) is 0 Å². The molecule has 0 aliphatic carbocycles. The van der Waals surface area contributed by atoms with E-state index in [-0.39, 0.29) is 0 Å². The van der Waals surface area contributed by atoms with E-state index in [1.807, 2.05) is 6.07 Å². The highest BCUT2D eigenvalue weighted by atomic mass is 79.9. The molecule has 3 heteroatoms. The molecule has 4 rings (SSSR count). The lowest BCUT2D eigenvalue weighted by Gasteiger charge is -2.21. The molecule has 2 aromatic carbocycles. The summed E-state index contributed by atoms with van der Waals surface area (Å²) >= 11 is 3.59. The van der Waals surface area contributed by atoms with Crippen molar-refractivity contribution in [2.45, 2.75) is 19.3 Å². The van der Waals surface area contributed by atoms with Gasteiger partial charge in [0, 0.05) is 34.5 Å². The number of H-pyrrole nitrogens is 1. The summed E-state index contributed by atoms with van der Waals surface area (Å²) in [6.07, 6.45) is 3.83. The number of benzene rings is 2. The fourth-order valence-electron chi connectivity index (χ4n) is 3.26. The molecule has 1 fully saturated rings. The lowest BCUT2D eigenvalue weighted by Crippen LogP contribution is -2.24. The number of halogens is 1. The van der Waals surface area contributed by atoms with Gasteiger partial charge in [0.15, 0.2) is 0 Å². The molecule has 0 spiro atoms. The maximum absolute atomic E-state index is 3.59. The zero-order chi connectivity index (χ0) is 16.4. The van der Waals surface area contributed by atoms with Crippen LogP contribution in [0.25, 0.3) is 22.2 Å². The quantitative estimate of drug-likeness (QED) is 0.562. The van der Waals surface area contributed by atoms with E-state index >= 15 is 0 Å². The second kappa shape index (κ2) is 6.75. The summed E-state index contributed by atoms with van der Waals surface area (Å²) in [5, 5.41) is 1.17. The number of nitrogens with one attached hydrogen (secondary N) is 1. The van der Waals surface area contributed by atoms with Crippen molar-refractivity contribution in [3.05, 3.63) is 58.6 Å². The number of nitrogens with zero attached hydrogens (tertiary/aromatic N) is 1. The predicted molar refractivity (Wildman–Crippen MR) is 104 cm³/mol. The summed E-state index contributed by atoms with van der Waals surface area (Å²) in [4.78, 5) is 5.81. The molecule has 2 heterocycles. The number of likely N-dealkylation sites (tertiary alicyclic amines) is 1. The van der Waals surface area contributed by atoms with Crippen LogP contribution in [0.5, 0.6) is 0 Å². The lowest BCUT2D eigenvalue weighted by atomic mass is 10.1. The maximum atomic E-state index is 3.59. The van der Waals surface area contributed by atoms with Gasteiger partial charge in [0.2, 0.25) is 0 Å². The predicted octanol–water partition coefficient (Wildman–Crippen LogP) is 5.39. The van der Waals surface area contributed by atoms with Gasteiger partial charge in [0.1, 0.15) is 0 Å². The topological polar surface area (TPSA) is 19.0 Å². The van der Waals surface area contributed by atoms with E-state index in [9.17, 15) is 0 Å². The van der Waals surface area contributed by atoms with Gasteiger partial charge in [0.25, 0.3) is 0 Å². The second-order valence-corrected chi connectivity index (χ2v) is 7.13. The van der Waals surface area contributed by atoms with E-state index in [2.05, 4.69) is 80.2 Å². The van der Waals surface area contributed by atoms with Gasteiger partial charge in [-0.15, -0.1) is 0 Å². The van der Waals surface area contributed by atoms with Crippen LogP contribution in [0.1, 0.15) is 24.8 Å². The highest BCUT2D eigenvalue weighted by Gasteiger charge is 2.12. The van der Waals surface area contributed by atoms with Crippen LogP contribution >= 0.6 is 15.9 Å². The molecule has 120 valence electrons. The molecule has 3 aromatic rings. The Labute approximate surface area is 151 Å². The molecule has 0 unspecified atom stereocenters. The molecule has 1 N–H and O–H groups in total. The first kappa shape index (κ1) is 15.4. The zero-order valence-corrected chi connectivity index (χ0v) is 15.1. The minimum Gasteiger partial charge on any atom is -0.353 e. The van der Waals surface area contributed by atoms with Crippen molar-refractivity contribution in [3.63, 3.8) is 0 Å². The van der Waals surface area contributed by atoms with Crippen LogP contribution in [0.15, 0.2) is 53.0 Å². The van der Waals surface area contributed by atoms with Crippen molar-refractivity contribution in [1.82, 2.24) is 9.88 Å². The van der Waals surface area contributed by atoms with Gasteiger partial charge >= 0.3 is 0 Å². The summed E-state index contributed by atoms with van der Waals surface area (Å²) < 4.78 is 1.08. The van der Waals surface area contributed by atoms with Gasteiger partial charge in [0.05, 0.1) is 11.3 Å². The Morgan fingerprint density at radius 1 is 0.958 bits per heavy atom. The first-order valence-electron chi connectivity index (χ1n) is 8.44. The molecule has 0 saturated carbocycles. The van der Waals surface area contributed by atoms with Crippen LogP contribution in [0.2, 0.25) is 0 Å². The molecule has 1 saturated heterocycles. The van der Waals surface area contributed by atoms with Crippen LogP contribution in [0, 0.1) is 12.0 Å². The van der Waals surface area contributed by atoms with Gasteiger partial charge in [-0.25, -0.2) is 0 Å². The summed E-state index contributed by atoms with van der Waals surface area (Å²) in [6.45, 7) is 2.17. The maximum Gasteiger partial charge on any atom is 0.0624 e. The van der Waals surface area contributed by atoms with Crippen LogP contribution in [0.4, 0.5) is 0 Å². The average Bonchev–Trinajstić information content (AvgIpc) is 2.99. The third kappa shape index (κ3) is 3.07. The van der Waals surface area contributed by atoms with Crippen molar-refractivity contribution in [3.8, 4) is 23.2 Å². The fourth-order valence-corrected chi connectivity index (χ4v) is 3.62. The molecule has 0 bridgehead atoms. The molecule has 24 heavy (non-hydrogen) atoms. The van der Waals surface area contributed by atoms with Crippen molar-refractivity contribution < 1.29 is 0 Å². The van der Waals surface area contributed by atoms with Gasteiger partial charge in [-0.3, -0.25) is 0 Å². The molecule has 1 aliphatic rings.